The van der Waals surface area contributed by atoms with E-state index in [4.69, 9.17) is 29.2 Å². The number of hydrogen-bond acceptors (Lipinski definition) is 6. The number of unbranched alkanes of at least 4 members (excludes halogenated alkanes) is 26. The van der Waals surface area contributed by atoms with Gasteiger partial charge in [-0.05, 0) is 12.8 Å². The standard InChI is InChI=1S/C21H44O3.C19H40O3/c1-4-5-6-7-8-9-10-11-12-13-14-15-16-17-18-24-20-21(23-3)19-22-2;1-2-3-4-5-6-7-8-9-10-11-12-13-14-15-16-22-18-19(21)17-20/h21H,4-20H2,1-3H3;19-21H,2-18H2,1H3. The van der Waals surface area contributed by atoms with Crippen molar-refractivity contribution in [3.8, 4) is 0 Å². The van der Waals surface area contributed by atoms with Crippen molar-refractivity contribution in [2.24, 2.45) is 0 Å². The summed E-state index contributed by atoms with van der Waals surface area (Å²) in [6.07, 6.45) is 37.9. The van der Waals surface area contributed by atoms with Crippen LogP contribution in [0.5, 0.6) is 0 Å². The second-order valence-electron chi connectivity index (χ2n) is 13.5. The van der Waals surface area contributed by atoms with Gasteiger partial charge in [0.2, 0.25) is 0 Å². The van der Waals surface area contributed by atoms with Crippen molar-refractivity contribution in [3.63, 3.8) is 0 Å². The molecule has 0 aliphatic rings. The first-order valence-electron chi connectivity index (χ1n) is 20.1. The molecule has 0 aliphatic heterocycles. The Morgan fingerprint density at radius 3 is 1.00 bits per heavy atom. The van der Waals surface area contributed by atoms with E-state index < -0.39 is 6.10 Å². The van der Waals surface area contributed by atoms with Gasteiger partial charge < -0.3 is 29.2 Å². The van der Waals surface area contributed by atoms with Gasteiger partial charge in [-0.15, -0.1) is 0 Å². The SMILES string of the molecule is CCCCCCCCCCCCCCCCOCC(COC)OC.CCCCCCCCCCCCCCCCOCC(O)CO. The molecule has 0 aromatic heterocycles. The highest BCUT2D eigenvalue weighted by Gasteiger charge is 2.06. The molecule has 0 aliphatic carbocycles. The van der Waals surface area contributed by atoms with Crippen LogP contribution in [0.3, 0.4) is 0 Å². The van der Waals surface area contributed by atoms with Crippen LogP contribution in [0, 0.1) is 0 Å². The molecule has 0 aromatic rings. The van der Waals surface area contributed by atoms with E-state index in [1.807, 2.05) is 0 Å². The van der Waals surface area contributed by atoms with Crippen molar-refractivity contribution in [2.45, 2.75) is 206 Å². The molecule has 6 heteroatoms. The molecule has 0 saturated heterocycles. The third-order valence-corrected chi connectivity index (χ3v) is 8.80. The van der Waals surface area contributed by atoms with Gasteiger partial charge >= 0.3 is 0 Å². The second kappa shape index (κ2) is 44.8. The summed E-state index contributed by atoms with van der Waals surface area (Å²) in [5.74, 6) is 0. The van der Waals surface area contributed by atoms with E-state index in [1.54, 1.807) is 14.2 Å². The first-order chi connectivity index (χ1) is 22.7. The van der Waals surface area contributed by atoms with Gasteiger partial charge in [-0.3, -0.25) is 0 Å². The summed E-state index contributed by atoms with van der Waals surface area (Å²) in [7, 11) is 3.40. The van der Waals surface area contributed by atoms with Gasteiger partial charge in [-0.25, -0.2) is 0 Å². The molecule has 2 atom stereocenters. The summed E-state index contributed by atoms with van der Waals surface area (Å²) in [4.78, 5) is 0. The Balaban J connectivity index is 0. The predicted molar refractivity (Wildman–Crippen MR) is 198 cm³/mol. The summed E-state index contributed by atoms with van der Waals surface area (Å²) in [5, 5.41) is 17.7. The Morgan fingerprint density at radius 1 is 0.413 bits per heavy atom. The van der Waals surface area contributed by atoms with E-state index >= 15 is 0 Å². The third-order valence-electron chi connectivity index (χ3n) is 8.80. The Bertz CT molecular complexity index is 506. The van der Waals surface area contributed by atoms with Crippen LogP contribution in [-0.2, 0) is 18.9 Å². The molecule has 0 spiro atoms. The molecule has 2 unspecified atom stereocenters. The van der Waals surface area contributed by atoms with Crippen LogP contribution < -0.4 is 0 Å². The van der Waals surface area contributed by atoms with E-state index in [0.717, 1.165) is 13.0 Å². The van der Waals surface area contributed by atoms with Gasteiger partial charge in [0.1, 0.15) is 12.2 Å². The van der Waals surface area contributed by atoms with Crippen molar-refractivity contribution in [3.05, 3.63) is 0 Å². The summed E-state index contributed by atoms with van der Waals surface area (Å²) >= 11 is 0. The molecule has 2 N–H and O–H groups in total. The Morgan fingerprint density at radius 2 is 0.717 bits per heavy atom. The van der Waals surface area contributed by atoms with Gasteiger partial charge in [-0.1, -0.05) is 181 Å². The first-order valence-corrected chi connectivity index (χ1v) is 20.1. The van der Waals surface area contributed by atoms with Gasteiger partial charge in [-0.2, -0.15) is 0 Å². The van der Waals surface area contributed by atoms with E-state index in [1.165, 1.54) is 173 Å². The maximum Gasteiger partial charge on any atom is 0.104 e. The van der Waals surface area contributed by atoms with Crippen molar-refractivity contribution in [1.82, 2.24) is 0 Å². The van der Waals surface area contributed by atoms with Crippen LogP contribution in [-0.4, -0.2) is 76.3 Å². The van der Waals surface area contributed by atoms with Crippen LogP contribution in [0.2, 0.25) is 0 Å². The summed E-state index contributed by atoms with van der Waals surface area (Å²) in [5.41, 5.74) is 0. The fourth-order valence-corrected chi connectivity index (χ4v) is 5.65. The minimum Gasteiger partial charge on any atom is -0.394 e. The highest BCUT2D eigenvalue weighted by atomic mass is 16.5. The van der Waals surface area contributed by atoms with Crippen molar-refractivity contribution in [2.75, 3.05) is 53.9 Å². The summed E-state index contributed by atoms with van der Waals surface area (Å²) in [6, 6.07) is 0. The Labute approximate surface area is 288 Å². The van der Waals surface area contributed by atoms with E-state index in [9.17, 15) is 0 Å². The highest BCUT2D eigenvalue weighted by molar-refractivity contribution is 4.54. The quantitative estimate of drug-likeness (QED) is 0.0642. The average molecular weight is 661 g/mol. The van der Waals surface area contributed by atoms with E-state index in [-0.39, 0.29) is 19.3 Å². The lowest BCUT2D eigenvalue weighted by Crippen LogP contribution is -2.23. The molecule has 0 rings (SSSR count). The zero-order valence-corrected chi connectivity index (χ0v) is 31.7. The molecular weight excluding hydrogens is 576 g/mol. The molecule has 0 bridgehead atoms. The fraction of sp³-hybridized carbons (Fsp3) is 1.00. The molecule has 0 fully saturated rings. The lowest BCUT2D eigenvalue weighted by atomic mass is 10.0. The van der Waals surface area contributed by atoms with Crippen LogP contribution >= 0.6 is 0 Å². The van der Waals surface area contributed by atoms with Crippen LogP contribution in [0.25, 0.3) is 0 Å². The normalized spacial score (nSPS) is 12.7. The lowest BCUT2D eigenvalue weighted by Gasteiger charge is -2.14. The van der Waals surface area contributed by atoms with Crippen LogP contribution in [0.4, 0.5) is 0 Å². The van der Waals surface area contributed by atoms with Gasteiger partial charge in [0.05, 0.1) is 26.4 Å². The van der Waals surface area contributed by atoms with E-state index in [0.29, 0.717) is 19.8 Å². The fourth-order valence-electron chi connectivity index (χ4n) is 5.65. The number of aliphatic hydroxyl groups is 2. The first kappa shape index (κ1) is 47.9. The molecule has 0 amide bonds. The van der Waals surface area contributed by atoms with Gasteiger partial charge in [0.15, 0.2) is 0 Å². The zero-order chi connectivity index (χ0) is 34.0. The number of rotatable bonds is 38. The molecule has 0 radical (unpaired) electrons. The predicted octanol–water partition coefficient (Wildman–Crippen LogP) is 11.0. The number of hydrogen-bond donors (Lipinski definition) is 2. The minimum absolute atomic E-state index is 0.0710. The van der Waals surface area contributed by atoms with Gasteiger partial charge in [0.25, 0.3) is 0 Å². The third kappa shape index (κ3) is 43.8. The summed E-state index contributed by atoms with van der Waals surface area (Å²) < 4.78 is 21.3. The maximum atomic E-state index is 9.10. The van der Waals surface area contributed by atoms with Gasteiger partial charge in [0, 0.05) is 27.4 Å². The second-order valence-corrected chi connectivity index (χ2v) is 13.5. The summed E-state index contributed by atoms with van der Waals surface area (Å²) in [6.45, 7) is 7.41. The Kier molecular flexibility index (Phi) is 46.6. The number of ether oxygens (including phenoxy) is 4. The number of methoxy groups -OCH3 is 2. The van der Waals surface area contributed by atoms with Crippen molar-refractivity contribution >= 4 is 0 Å². The molecule has 46 heavy (non-hydrogen) atoms. The van der Waals surface area contributed by atoms with Crippen LogP contribution in [0.1, 0.15) is 194 Å². The smallest absolute Gasteiger partial charge is 0.104 e. The molecule has 280 valence electrons. The number of aliphatic hydroxyl groups excluding tert-OH is 2. The average Bonchev–Trinajstić information content (AvgIpc) is 3.07. The zero-order valence-electron chi connectivity index (χ0n) is 31.7. The largest absolute Gasteiger partial charge is 0.394 e. The monoisotopic (exact) mass is 661 g/mol. The lowest BCUT2D eigenvalue weighted by molar-refractivity contribution is -0.0308. The molecular formula is C40H84O6. The molecule has 0 heterocycles. The minimum atomic E-state index is -0.716. The Hall–Kier alpha value is -0.240. The topological polar surface area (TPSA) is 77.4 Å². The molecule has 6 nitrogen and oxygen atoms in total. The molecule has 0 aromatic carbocycles. The maximum absolute atomic E-state index is 9.10. The van der Waals surface area contributed by atoms with E-state index in [2.05, 4.69) is 13.8 Å². The molecule has 0 saturated carbocycles. The van der Waals surface area contributed by atoms with Crippen molar-refractivity contribution < 1.29 is 29.2 Å². The van der Waals surface area contributed by atoms with Crippen molar-refractivity contribution in [1.29, 1.82) is 0 Å². The van der Waals surface area contributed by atoms with Crippen LogP contribution in [0.15, 0.2) is 0 Å². The highest BCUT2D eigenvalue weighted by Crippen LogP contribution is 2.14.